The Morgan fingerprint density at radius 2 is 0.679 bits per heavy atom. The van der Waals surface area contributed by atoms with Crippen molar-refractivity contribution in [3.63, 3.8) is 0 Å². The molecule has 0 N–H and O–H groups in total. The summed E-state index contributed by atoms with van der Waals surface area (Å²) < 4.78 is 5.96. The van der Waals surface area contributed by atoms with Crippen LogP contribution in [0.25, 0.3) is 0 Å². The normalized spacial score (nSPS) is 9.14. The van der Waals surface area contributed by atoms with Gasteiger partial charge in [-0.3, -0.25) is 0 Å². The van der Waals surface area contributed by atoms with E-state index in [1.165, 1.54) is 14.3 Å². The Kier molecular flexibility index (Phi) is 11.5. The molecule has 3 aromatic carbocycles. The fourth-order valence-corrected chi connectivity index (χ4v) is 6.19. The molecule has 0 fully saturated rings. The van der Waals surface area contributed by atoms with Crippen LogP contribution in [0.4, 0.5) is 0 Å². The van der Waals surface area contributed by atoms with E-state index in [4.69, 9.17) is 30.6 Å². The number of nitrogens with zero attached hydrogens (tertiary/aromatic N) is 2. The predicted molar refractivity (Wildman–Crippen MR) is 94.8 cm³/mol. The summed E-state index contributed by atoms with van der Waals surface area (Å²) in [6.45, 7) is 0. The number of halogens is 2. The fraction of sp³-hybridized carbons (Fsp3) is 0. The second kappa shape index (κ2) is 13.7. The zero-order valence-corrected chi connectivity index (χ0v) is 18.5. The van der Waals surface area contributed by atoms with E-state index in [1.807, 2.05) is 0 Å². The van der Waals surface area contributed by atoms with Gasteiger partial charge in [-0.05, 0) is 48.5 Å². The molecule has 0 aliphatic heterocycles. The lowest BCUT2D eigenvalue weighted by Crippen LogP contribution is -3.62. The Morgan fingerprint density at radius 1 is 0.464 bits per heavy atom. The molecule has 146 valence electrons. The van der Waals surface area contributed by atoms with Gasteiger partial charge in [-0.1, -0.05) is 36.4 Å². The average Bonchev–Trinajstić information content (AvgIpc) is 2.64. The highest BCUT2D eigenvalue weighted by molar-refractivity contribution is 5.04. The number of hydrogen-bond acceptors (Lipinski definition) is 6. The zero-order valence-electron chi connectivity index (χ0n) is 14.2. The van der Waals surface area contributed by atoms with Crippen LogP contribution in [0.1, 0.15) is 0 Å². The second-order valence-corrected chi connectivity index (χ2v) is 10.7. The minimum Gasteiger partial charge on any atom is -0.356 e. The monoisotopic (exact) mass is 608 g/mol. The SMILES string of the molecule is O=[N+]([O-])[O-].O=[N+]([O-])[O-].c1ccc([I+]c2ccc([I+]c3ccccc3)cc2)cc1. The van der Waals surface area contributed by atoms with E-state index in [9.17, 15) is 0 Å². The third-order valence-corrected chi connectivity index (χ3v) is 8.07. The molecule has 0 aliphatic carbocycles. The minimum atomic E-state index is -1.75. The van der Waals surface area contributed by atoms with Crippen LogP contribution >= 0.6 is 0 Å². The summed E-state index contributed by atoms with van der Waals surface area (Å²) in [5.41, 5.74) is 0. The van der Waals surface area contributed by atoms with E-state index in [1.54, 1.807) is 0 Å². The first kappa shape index (κ1) is 23.6. The number of benzene rings is 3. The quantitative estimate of drug-likeness (QED) is 0.182. The molecule has 0 radical (unpaired) electrons. The Balaban J connectivity index is 0.000000420. The van der Waals surface area contributed by atoms with Crippen LogP contribution in [-0.4, -0.2) is 10.2 Å². The molecule has 0 bridgehead atoms. The van der Waals surface area contributed by atoms with Gasteiger partial charge in [0.05, 0.1) is 10.2 Å². The van der Waals surface area contributed by atoms with Crippen LogP contribution < -0.4 is 42.4 Å². The van der Waals surface area contributed by atoms with Crippen LogP contribution in [0.3, 0.4) is 0 Å². The standard InChI is InChI=1S/C18H14I2.2NO3/c1-3-7-15(8-4-1)19-17-11-13-18(14-12-17)20-16-9-5-2-6-10-16;2*2-1(3)4/h1-14H;;/q+2;2*-1. The largest absolute Gasteiger partial charge is 0.357 e. The maximum atomic E-state index is 8.25. The summed E-state index contributed by atoms with van der Waals surface area (Å²) in [4.78, 5) is 16.5. The molecule has 0 atom stereocenters. The summed E-state index contributed by atoms with van der Waals surface area (Å²) in [6.07, 6.45) is 0. The zero-order chi connectivity index (χ0) is 20.8. The Hall–Kier alpha value is -2.48. The molecule has 3 rings (SSSR count). The van der Waals surface area contributed by atoms with Crippen molar-refractivity contribution in [1.82, 2.24) is 0 Å². The van der Waals surface area contributed by atoms with Gasteiger partial charge in [-0.15, -0.1) is 0 Å². The Labute approximate surface area is 181 Å². The van der Waals surface area contributed by atoms with Crippen molar-refractivity contribution in [3.05, 3.63) is 130 Å². The van der Waals surface area contributed by atoms with Gasteiger partial charge < -0.3 is 30.6 Å². The maximum Gasteiger partial charge on any atom is 0.357 e. The lowest BCUT2D eigenvalue weighted by molar-refractivity contribution is -0.603. The lowest BCUT2D eigenvalue weighted by atomic mass is 10.4. The van der Waals surface area contributed by atoms with Crippen molar-refractivity contribution >= 4 is 0 Å². The summed E-state index contributed by atoms with van der Waals surface area (Å²) in [5, 5.41) is 29.5. The third kappa shape index (κ3) is 12.0. The van der Waals surface area contributed by atoms with Gasteiger partial charge in [0.25, 0.3) is 0 Å². The smallest absolute Gasteiger partial charge is 0.356 e. The van der Waals surface area contributed by atoms with E-state index in [0.29, 0.717) is 0 Å². The van der Waals surface area contributed by atoms with Crippen molar-refractivity contribution < 1.29 is 52.6 Å². The summed E-state index contributed by atoms with van der Waals surface area (Å²) in [5.74, 6) is 0. The van der Waals surface area contributed by atoms with E-state index in [2.05, 4.69) is 84.9 Å². The Bertz CT molecular complexity index is 768. The van der Waals surface area contributed by atoms with Crippen LogP contribution in [-0.2, 0) is 0 Å². The van der Waals surface area contributed by atoms with Crippen LogP contribution in [0.2, 0.25) is 0 Å². The molecule has 0 aromatic heterocycles. The summed E-state index contributed by atoms with van der Waals surface area (Å²) >= 11 is -0.0647. The first-order valence-corrected chi connectivity index (χ1v) is 11.8. The van der Waals surface area contributed by atoms with Crippen LogP contribution in [0.15, 0.2) is 84.9 Å². The van der Waals surface area contributed by atoms with Crippen LogP contribution in [0, 0.1) is 44.9 Å². The van der Waals surface area contributed by atoms with Gasteiger partial charge in [0, 0.05) is 0 Å². The van der Waals surface area contributed by atoms with Gasteiger partial charge in [-0.25, -0.2) is 0 Å². The van der Waals surface area contributed by atoms with E-state index in [-0.39, 0.29) is 42.4 Å². The van der Waals surface area contributed by atoms with Gasteiger partial charge in [0.15, 0.2) is 14.3 Å². The van der Waals surface area contributed by atoms with E-state index >= 15 is 0 Å². The summed E-state index contributed by atoms with van der Waals surface area (Å²) in [6, 6.07) is 30.9. The maximum absolute atomic E-state index is 8.25. The fourth-order valence-electron chi connectivity index (χ4n) is 1.76. The molecule has 28 heavy (non-hydrogen) atoms. The van der Waals surface area contributed by atoms with E-state index < -0.39 is 10.2 Å². The predicted octanol–water partition coefficient (Wildman–Crippen LogP) is -2.53. The van der Waals surface area contributed by atoms with E-state index in [0.717, 1.165) is 0 Å². The van der Waals surface area contributed by atoms with Crippen molar-refractivity contribution in [2.75, 3.05) is 0 Å². The topological polar surface area (TPSA) is 132 Å². The van der Waals surface area contributed by atoms with Crippen LogP contribution in [0.5, 0.6) is 0 Å². The molecule has 0 amide bonds. The molecule has 0 unspecified atom stereocenters. The van der Waals surface area contributed by atoms with Crippen molar-refractivity contribution in [1.29, 1.82) is 0 Å². The molecular formula is C18H14I2N2O6. The van der Waals surface area contributed by atoms with Gasteiger partial charge >= 0.3 is 42.4 Å². The highest BCUT2D eigenvalue weighted by Gasteiger charge is 2.19. The van der Waals surface area contributed by atoms with Crippen molar-refractivity contribution in [3.8, 4) is 0 Å². The molecule has 3 aromatic rings. The number of hydrogen-bond donors (Lipinski definition) is 0. The molecule has 0 aliphatic rings. The second-order valence-electron chi connectivity index (χ2n) is 4.66. The number of rotatable bonds is 4. The van der Waals surface area contributed by atoms with Crippen molar-refractivity contribution in [2.45, 2.75) is 0 Å². The highest BCUT2D eigenvalue weighted by Crippen LogP contribution is 1.88. The first-order valence-electron chi connectivity index (χ1n) is 7.49. The molecule has 10 heteroatoms. The van der Waals surface area contributed by atoms with Gasteiger partial charge in [-0.2, -0.15) is 0 Å². The average molecular weight is 608 g/mol. The van der Waals surface area contributed by atoms with Crippen molar-refractivity contribution in [2.24, 2.45) is 0 Å². The van der Waals surface area contributed by atoms with Gasteiger partial charge in [0.1, 0.15) is 0 Å². The molecule has 0 saturated carbocycles. The Morgan fingerprint density at radius 3 is 0.929 bits per heavy atom. The molecular weight excluding hydrogens is 594 g/mol. The first-order chi connectivity index (χ1) is 13.4. The molecule has 0 heterocycles. The molecule has 8 nitrogen and oxygen atoms in total. The third-order valence-electron chi connectivity index (χ3n) is 2.71. The molecule has 0 saturated heterocycles. The molecule has 0 spiro atoms. The minimum absolute atomic E-state index is 0.0323. The lowest BCUT2D eigenvalue weighted by Gasteiger charge is -1.87. The summed E-state index contributed by atoms with van der Waals surface area (Å²) in [7, 11) is 0. The van der Waals surface area contributed by atoms with Gasteiger partial charge in [0.2, 0.25) is 0 Å². The highest BCUT2D eigenvalue weighted by atomic mass is 127.